The summed E-state index contributed by atoms with van der Waals surface area (Å²) in [6, 6.07) is 8.28. The van der Waals surface area contributed by atoms with Gasteiger partial charge in [-0.3, -0.25) is 4.79 Å². The number of ether oxygens (including phenoxy) is 1. The zero-order valence-electron chi connectivity index (χ0n) is 26.7. The highest BCUT2D eigenvalue weighted by atomic mass is 35.5. The van der Waals surface area contributed by atoms with Gasteiger partial charge in [-0.25, -0.2) is 8.42 Å². The van der Waals surface area contributed by atoms with E-state index in [9.17, 15) is 26.4 Å². The van der Waals surface area contributed by atoms with Crippen LogP contribution in [0.5, 0.6) is 0 Å². The van der Waals surface area contributed by atoms with Gasteiger partial charge in [-0.2, -0.15) is 17.5 Å². The second-order valence-electron chi connectivity index (χ2n) is 13.0. The standard InChI is InChI=1S/C34H45ClF3N3O4S/c1-25-24-31(26(2)23-30(25)35)46(43,44)41-18-4-3-7-29(41)12-13-32(42)40-19-14-33(15-20-40,45-22-21-39-16-5-6-17-39)27-8-10-28(11-9-27)34(36,37)38/h8-11,23-24,29H,3-7,12-22H2,1-2H3. The molecule has 3 saturated heterocycles. The molecule has 12 heteroatoms. The van der Waals surface area contributed by atoms with Crippen molar-refractivity contribution in [2.24, 2.45) is 0 Å². The number of amides is 1. The van der Waals surface area contributed by atoms with E-state index in [1.165, 1.54) is 12.1 Å². The largest absolute Gasteiger partial charge is 0.416 e. The number of carbonyl (C=O) groups is 1. The molecule has 0 radical (unpaired) electrons. The lowest BCUT2D eigenvalue weighted by molar-refractivity contribution is -0.141. The summed E-state index contributed by atoms with van der Waals surface area (Å²) in [6.07, 6.45) is 1.86. The molecule has 1 unspecified atom stereocenters. The predicted molar refractivity (Wildman–Crippen MR) is 172 cm³/mol. The van der Waals surface area contributed by atoms with Crippen LogP contribution in [0.15, 0.2) is 41.3 Å². The maximum Gasteiger partial charge on any atom is 0.416 e. The molecule has 0 aromatic heterocycles. The first kappa shape index (κ1) is 35.1. The number of halogens is 4. The Labute approximate surface area is 276 Å². The van der Waals surface area contributed by atoms with Crippen molar-refractivity contribution in [3.8, 4) is 0 Å². The summed E-state index contributed by atoms with van der Waals surface area (Å²) in [5.41, 5.74) is 0.528. The Bertz CT molecular complexity index is 1470. The van der Waals surface area contributed by atoms with Crippen LogP contribution >= 0.6 is 11.6 Å². The van der Waals surface area contributed by atoms with Gasteiger partial charge in [-0.05, 0) is 113 Å². The Morgan fingerprint density at radius 1 is 0.957 bits per heavy atom. The topological polar surface area (TPSA) is 70.2 Å². The van der Waals surface area contributed by atoms with Crippen LogP contribution in [0.25, 0.3) is 0 Å². The molecule has 3 aliphatic rings. The molecular weight excluding hydrogens is 639 g/mol. The third kappa shape index (κ3) is 7.92. The first-order valence-corrected chi connectivity index (χ1v) is 18.2. The Morgan fingerprint density at radius 2 is 1.61 bits per heavy atom. The summed E-state index contributed by atoms with van der Waals surface area (Å²) >= 11 is 6.23. The number of hydrogen-bond acceptors (Lipinski definition) is 5. The van der Waals surface area contributed by atoms with Crippen molar-refractivity contribution in [1.82, 2.24) is 14.1 Å². The zero-order valence-corrected chi connectivity index (χ0v) is 28.3. The Hall–Kier alpha value is -2.18. The average molecular weight is 684 g/mol. The molecule has 0 N–H and O–H groups in total. The van der Waals surface area contributed by atoms with E-state index in [0.29, 0.717) is 73.6 Å². The van der Waals surface area contributed by atoms with Gasteiger partial charge in [-0.1, -0.05) is 30.2 Å². The minimum atomic E-state index is -4.42. The second-order valence-corrected chi connectivity index (χ2v) is 15.3. The van der Waals surface area contributed by atoms with E-state index in [4.69, 9.17) is 16.3 Å². The first-order valence-electron chi connectivity index (χ1n) is 16.4. The Balaban J connectivity index is 1.23. The average Bonchev–Trinajstić information content (AvgIpc) is 3.55. The molecule has 0 spiro atoms. The summed E-state index contributed by atoms with van der Waals surface area (Å²) < 4.78 is 75.5. The van der Waals surface area contributed by atoms with Crippen LogP contribution in [0.2, 0.25) is 5.02 Å². The molecular formula is C34H45ClF3N3O4S. The minimum absolute atomic E-state index is 0.0421. The summed E-state index contributed by atoms with van der Waals surface area (Å²) in [5, 5.41) is 0.526. The first-order chi connectivity index (χ1) is 21.8. The van der Waals surface area contributed by atoms with Crippen molar-refractivity contribution in [1.29, 1.82) is 0 Å². The van der Waals surface area contributed by atoms with E-state index in [2.05, 4.69) is 4.90 Å². The number of rotatable bonds is 10. The molecule has 5 rings (SSSR count). The fourth-order valence-corrected chi connectivity index (χ4v) is 9.39. The number of likely N-dealkylation sites (tertiary alicyclic amines) is 2. The quantitative estimate of drug-likeness (QED) is 0.272. The van der Waals surface area contributed by atoms with Crippen molar-refractivity contribution in [3.63, 3.8) is 0 Å². The van der Waals surface area contributed by atoms with Crippen molar-refractivity contribution in [2.45, 2.75) is 94.3 Å². The van der Waals surface area contributed by atoms with Crippen molar-refractivity contribution < 1.29 is 31.1 Å². The lowest BCUT2D eigenvalue weighted by Gasteiger charge is -2.43. The third-order valence-corrected chi connectivity index (χ3v) is 12.5. The molecule has 7 nitrogen and oxygen atoms in total. The monoisotopic (exact) mass is 683 g/mol. The van der Waals surface area contributed by atoms with Crippen LogP contribution in [-0.2, 0) is 31.3 Å². The summed E-state index contributed by atoms with van der Waals surface area (Å²) in [5.74, 6) is -0.0421. The molecule has 1 amide bonds. The summed E-state index contributed by atoms with van der Waals surface area (Å²) in [7, 11) is -3.77. The zero-order chi connectivity index (χ0) is 33.1. The maximum absolute atomic E-state index is 13.8. The number of hydrogen-bond donors (Lipinski definition) is 0. The molecule has 1 atom stereocenters. The highest BCUT2D eigenvalue weighted by molar-refractivity contribution is 7.89. The van der Waals surface area contributed by atoms with Crippen molar-refractivity contribution in [3.05, 3.63) is 63.7 Å². The molecule has 3 fully saturated rings. The smallest absolute Gasteiger partial charge is 0.369 e. The molecule has 0 saturated carbocycles. The van der Waals surface area contributed by atoms with Gasteiger partial charge in [0.1, 0.15) is 0 Å². The predicted octanol–water partition coefficient (Wildman–Crippen LogP) is 6.93. The van der Waals surface area contributed by atoms with E-state index in [-0.39, 0.29) is 23.3 Å². The lowest BCUT2D eigenvalue weighted by atomic mass is 9.83. The molecule has 3 heterocycles. The van der Waals surface area contributed by atoms with Gasteiger partial charge >= 0.3 is 6.18 Å². The number of benzene rings is 2. The van der Waals surface area contributed by atoms with Gasteiger partial charge in [0.15, 0.2) is 0 Å². The number of piperidine rings is 2. The number of nitrogens with zero attached hydrogens (tertiary/aromatic N) is 3. The molecule has 0 aliphatic carbocycles. The van der Waals surface area contributed by atoms with Crippen LogP contribution in [0.1, 0.15) is 80.0 Å². The third-order valence-electron chi connectivity index (χ3n) is 9.95. The van der Waals surface area contributed by atoms with Crippen molar-refractivity contribution >= 4 is 27.5 Å². The number of sulfonamides is 1. The summed E-state index contributed by atoms with van der Waals surface area (Å²) in [4.78, 5) is 17.9. The van der Waals surface area contributed by atoms with E-state index in [0.717, 1.165) is 57.5 Å². The van der Waals surface area contributed by atoms with Gasteiger partial charge in [0.2, 0.25) is 15.9 Å². The minimum Gasteiger partial charge on any atom is -0.369 e. The molecule has 3 aliphatic heterocycles. The van der Waals surface area contributed by atoms with Gasteiger partial charge in [0.25, 0.3) is 0 Å². The van der Waals surface area contributed by atoms with Gasteiger partial charge < -0.3 is 14.5 Å². The molecule has 2 aromatic rings. The second kappa shape index (κ2) is 14.5. The van der Waals surface area contributed by atoms with Crippen LogP contribution in [0, 0.1) is 13.8 Å². The maximum atomic E-state index is 13.8. The lowest BCUT2D eigenvalue weighted by Crippen LogP contribution is -2.48. The van der Waals surface area contributed by atoms with E-state index < -0.39 is 27.4 Å². The van der Waals surface area contributed by atoms with Gasteiger partial charge in [0, 0.05) is 43.7 Å². The van der Waals surface area contributed by atoms with Crippen LogP contribution in [-0.4, -0.2) is 80.3 Å². The van der Waals surface area contributed by atoms with Crippen LogP contribution in [0.4, 0.5) is 13.2 Å². The SMILES string of the molecule is Cc1cc(S(=O)(=O)N2CCCCC2CCC(=O)N2CCC(OCCN3CCCC3)(c3ccc(C(F)(F)F)cc3)CC2)c(C)cc1Cl. The highest BCUT2D eigenvalue weighted by Gasteiger charge is 2.40. The van der Waals surface area contributed by atoms with E-state index >= 15 is 0 Å². The van der Waals surface area contributed by atoms with Crippen LogP contribution in [0.3, 0.4) is 0 Å². The van der Waals surface area contributed by atoms with Gasteiger partial charge in [0.05, 0.1) is 22.7 Å². The number of carbonyl (C=O) groups excluding carboxylic acids is 1. The highest BCUT2D eigenvalue weighted by Crippen LogP contribution is 2.39. The van der Waals surface area contributed by atoms with E-state index in [1.807, 2.05) is 0 Å². The molecule has 0 bridgehead atoms. The Kier molecular flexibility index (Phi) is 11.1. The summed E-state index contributed by atoms with van der Waals surface area (Å²) in [6.45, 7) is 8.06. The number of aryl methyl sites for hydroxylation is 2. The van der Waals surface area contributed by atoms with Gasteiger partial charge in [-0.15, -0.1) is 0 Å². The molecule has 2 aromatic carbocycles. The van der Waals surface area contributed by atoms with Crippen molar-refractivity contribution in [2.75, 3.05) is 45.9 Å². The molecule has 46 heavy (non-hydrogen) atoms. The number of alkyl halides is 3. The normalized spacial score (nSPS) is 21.5. The van der Waals surface area contributed by atoms with E-state index in [1.54, 1.807) is 35.2 Å². The molecule has 254 valence electrons. The fraction of sp³-hybridized carbons (Fsp3) is 0.618. The van der Waals surface area contributed by atoms with Crippen LogP contribution < -0.4 is 0 Å². The fourth-order valence-electron chi connectivity index (χ4n) is 7.16. The Morgan fingerprint density at radius 3 is 2.26 bits per heavy atom.